The second-order valence-electron chi connectivity index (χ2n) is 3.78. The van der Waals surface area contributed by atoms with Crippen molar-refractivity contribution >= 4 is 23.4 Å². The summed E-state index contributed by atoms with van der Waals surface area (Å²) >= 11 is 6.09. The fourth-order valence-electron chi connectivity index (χ4n) is 1.47. The molecule has 0 radical (unpaired) electrons. The molecular formula is C16H14ClN. The van der Waals surface area contributed by atoms with Gasteiger partial charge in [-0.25, -0.2) is 0 Å². The minimum Gasteiger partial charge on any atom is -0.360 e. The summed E-state index contributed by atoms with van der Waals surface area (Å²) in [5.74, 6) is 0. The molecule has 0 saturated heterocycles. The Morgan fingerprint density at radius 2 is 1.50 bits per heavy atom. The lowest BCUT2D eigenvalue weighted by Crippen LogP contribution is -1.86. The van der Waals surface area contributed by atoms with Gasteiger partial charge in [-0.15, -0.1) is 0 Å². The third kappa shape index (κ3) is 4.11. The summed E-state index contributed by atoms with van der Waals surface area (Å²) in [6.45, 7) is 0. The van der Waals surface area contributed by atoms with Crippen LogP contribution >= 0.6 is 11.6 Å². The first-order chi connectivity index (χ1) is 8.84. The second-order valence-corrected chi connectivity index (χ2v) is 4.22. The number of benzene rings is 2. The van der Waals surface area contributed by atoms with E-state index in [1.54, 1.807) is 6.20 Å². The highest BCUT2D eigenvalue weighted by molar-refractivity contribution is 6.31. The molecule has 0 fully saturated rings. The Bertz CT molecular complexity index is 530. The summed E-state index contributed by atoms with van der Waals surface area (Å²) in [6, 6.07) is 20.0. The molecule has 0 bridgehead atoms. The van der Waals surface area contributed by atoms with Crippen LogP contribution in [0.15, 0.2) is 78.0 Å². The van der Waals surface area contributed by atoms with E-state index in [0.29, 0.717) is 5.03 Å². The molecule has 0 aliphatic rings. The third-order valence-electron chi connectivity index (χ3n) is 2.39. The number of para-hydroxylation sites is 1. The van der Waals surface area contributed by atoms with Gasteiger partial charge in [-0.1, -0.05) is 66.2 Å². The molecule has 1 N–H and O–H groups in total. The largest absolute Gasteiger partial charge is 0.360 e. The molecular weight excluding hydrogens is 242 g/mol. The molecule has 0 aliphatic heterocycles. The van der Waals surface area contributed by atoms with Crippen LogP contribution in [0.25, 0.3) is 6.08 Å². The van der Waals surface area contributed by atoms with Gasteiger partial charge in [0.05, 0.1) is 5.03 Å². The Morgan fingerprint density at radius 1 is 0.889 bits per heavy atom. The molecule has 2 aromatic carbocycles. The predicted octanol–water partition coefficient (Wildman–Crippen LogP) is 4.89. The van der Waals surface area contributed by atoms with Crippen molar-refractivity contribution in [3.05, 3.63) is 83.5 Å². The van der Waals surface area contributed by atoms with Gasteiger partial charge in [-0.05, 0) is 23.8 Å². The summed E-state index contributed by atoms with van der Waals surface area (Å²) in [4.78, 5) is 0. The molecule has 0 spiro atoms. The third-order valence-corrected chi connectivity index (χ3v) is 2.62. The maximum atomic E-state index is 6.09. The molecule has 0 aliphatic carbocycles. The van der Waals surface area contributed by atoms with Crippen LogP contribution in [0.2, 0.25) is 0 Å². The predicted molar refractivity (Wildman–Crippen MR) is 79.5 cm³/mol. The average Bonchev–Trinajstić information content (AvgIpc) is 2.45. The van der Waals surface area contributed by atoms with Gasteiger partial charge in [0.15, 0.2) is 0 Å². The number of anilines is 1. The fraction of sp³-hybridized carbons (Fsp3) is 0. The molecule has 1 nitrogen and oxygen atoms in total. The molecule has 0 heterocycles. The van der Waals surface area contributed by atoms with Crippen LogP contribution in [-0.4, -0.2) is 0 Å². The van der Waals surface area contributed by atoms with Crippen molar-refractivity contribution in [3.63, 3.8) is 0 Å². The van der Waals surface area contributed by atoms with Gasteiger partial charge in [-0.3, -0.25) is 0 Å². The SMILES string of the molecule is ClC(C=Cc1ccccc1)=CNc1ccccc1. The first-order valence-corrected chi connectivity index (χ1v) is 6.13. The lowest BCUT2D eigenvalue weighted by Gasteiger charge is -1.99. The number of hydrogen-bond donors (Lipinski definition) is 1. The standard InChI is InChI=1S/C16H14ClN/c17-15(12-11-14-7-3-1-4-8-14)13-18-16-9-5-2-6-10-16/h1-13,18H. The smallest absolute Gasteiger partial charge is 0.0566 e. The maximum absolute atomic E-state index is 6.09. The maximum Gasteiger partial charge on any atom is 0.0566 e. The van der Waals surface area contributed by atoms with Crippen molar-refractivity contribution < 1.29 is 0 Å². The minimum absolute atomic E-state index is 0.655. The van der Waals surface area contributed by atoms with Gasteiger partial charge in [0.1, 0.15) is 0 Å². The summed E-state index contributed by atoms with van der Waals surface area (Å²) < 4.78 is 0. The molecule has 0 amide bonds. The Labute approximate surface area is 112 Å². The number of halogens is 1. The first kappa shape index (κ1) is 12.5. The van der Waals surface area contributed by atoms with Gasteiger partial charge in [0.2, 0.25) is 0 Å². The van der Waals surface area contributed by atoms with Gasteiger partial charge >= 0.3 is 0 Å². The highest BCUT2D eigenvalue weighted by Gasteiger charge is 1.88. The van der Waals surface area contributed by atoms with Crippen molar-refractivity contribution in [2.24, 2.45) is 0 Å². The Hall–Kier alpha value is -1.99. The van der Waals surface area contributed by atoms with Crippen molar-refractivity contribution in [1.82, 2.24) is 0 Å². The number of rotatable bonds is 4. The Balaban J connectivity index is 1.96. The van der Waals surface area contributed by atoms with E-state index in [4.69, 9.17) is 11.6 Å². The summed E-state index contributed by atoms with van der Waals surface area (Å²) in [5.41, 5.74) is 2.15. The van der Waals surface area contributed by atoms with E-state index in [0.717, 1.165) is 11.3 Å². The van der Waals surface area contributed by atoms with Crippen LogP contribution in [0.3, 0.4) is 0 Å². The monoisotopic (exact) mass is 255 g/mol. The topological polar surface area (TPSA) is 12.0 Å². The average molecular weight is 256 g/mol. The Morgan fingerprint density at radius 3 is 2.17 bits per heavy atom. The van der Waals surface area contributed by atoms with E-state index < -0.39 is 0 Å². The lowest BCUT2D eigenvalue weighted by atomic mass is 10.2. The summed E-state index contributed by atoms with van der Waals surface area (Å²) in [5, 5.41) is 3.79. The zero-order valence-corrected chi connectivity index (χ0v) is 10.6. The van der Waals surface area contributed by atoms with E-state index in [1.165, 1.54) is 0 Å². The zero-order chi connectivity index (χ0) is 12.6. The molecule has 0 saturated carbocycles. The van der Waals surface area contributed by atoms with Gasteiger partial charge in [0.25, 0.3) is 0 Å². The van der Waals surface area contributed by atoms with Crippen molar-refractivity contribution in [2.75, 3.05) is 5.32 Å². The second kappa shape index (κ2) is 6.67. The quantitative estimate of drug-likeness (QED) is 0.767. The van der Waals surface area contributed by atoms with E-state index in [1.807, 2.05) is 72.8 Å². The number of nitrogens with one attached hydrogen (secondary N) is 1. The molecule has 90 valence electrons. The normalized spacial score (nSPS) is 11.7. The van der Waals surface area contributed by atoms with Gasteiger partial charge < -0.3 is 5.32 Å². The van der Waals surface area contributed by atoms with Crippen LogP contribution in [-0.2, 0) is 0 Å². The van der Waals surface area contributed by atoms with Crippen molar-refractivity contribution in [1.29, 1.82) is 0 Å². The number of allylic oxidation sites excluding steroid dienone is 2. The van der Waals surface area contributed by atoms with Crippen LogP contribution in [0.4, 0.5) is 5.69 Å². The number of hydrogen-bond acceptors (Lipinski definition) is 1. The summed E-state index contributed by atoms with van der Waals surface area (Å²) in [7, 11) is 0. The van der Waals surface area contributed by atoms with Gasteiger partial charge in [-0.2, -0.15) is 0 Å². The minimum atomic E-state index is 0.655. The molecule has 2 rings (SSSR count). The van der Waals surface area contributed by atoms with Crippen molar-refractivity contribution in [2.45, 2.75) is 0 Å². The molecule has 0 unspecified atom stereocenters. The van der Waals surface area contributed by atoms with Crippen LogP contribution < -0.4 is 5.32 Å². The van der Waals surface area contributed by atoms with Crippen LogP contribution in [0.5, 0.6) is 0 Å². The summed E-state index contributed by atoms with van der Waals surface area (Å²) in [6.07, 6.45) is 5.62. The van der Waals surface area contributed by atoms with E-state index in [-0.39, 0.29) is 0 Å². The highest BCUT2D eigenvalue weighted by atomic mass is 35.5. The molecule has 0 atom stereocenters. The molecule has 2 heteroatoms. The fourth-order valence-corrected chi connectivity index (χ4v) is 1.59. The molecule has 18 heavy (non-hydrogen) atoms. The van der Waals surface area contributed by atoms with Gasteiger partial charge in [0, 0.05) is 11.9 Å². The lowest BCUT2D eigenvalue weighted by molar-refractivity contribution is 1.57. The van der Waals surface area contributed by atoms with Crippen LogP contribution in [0.1, 0.15) is 5.56 Å². The van der Waals surface area contributed by atoms with E-state index >= 15 is 0 Å². The Kier molecular flexibility index (Phi) is 4.62. The zero-order valence-electron chi connectivity index (χ0n) is 9.88. The van der Waals surface area contributed by atoms with Crippen molar-refractivity contribution in [3.8, 4) is 0 Å². The van der Waals surface area contributed by atoms with E-state index in [9.17, 15) is 0 Å². The molecule has 2 aromatic rings. The van der Waals surface area contributed by atoms with Crippen LogP contribution in [0, 0.1) is 0 Å². The highest BCUT2D eigenvalue weighted by Crippen LogP contribution is 2.10. The molecule has 0 aromatic heterocycles. The van der Waals surface area contributed by atoms with E-state index in [2.05, 4.69) is 5.32 Å². The first-order valence-electron chi connectivity index (χ1n) is 5.75.